The number of nitrogens with one attached hydrogen (secondary N) is 1. The largest absolute Gasteiger partial charge is 0.377 e. The molecule has 5 heteroatoms. The van der Waals surface area contributed by atoms with Gasteiger partial charge in [0.1, 0.15) is 0 Å². The molecule has 2 aliphatic heterocycles. The number of benzene rings is 1. The van der Waals surface area contributed by atoms with Gasteiger partial charge >= 0.3 is 0 Å². The van der Waals surface area contributed by atoms with Crippen LogP contribution in [0.3, 0.4) is 0 Å². The minimum atomic E-state index is 0.135. The van der Waals surface area contributed by atoms with Crippen LogP contribution >= 0.6 is 0 Å². The Labute approximate surface area is 151 Å². The van der Waals surface area contributed by atoms with Crippen LogP contribution in [0.2, 0.25) is 0 Å². The van der Waals surface area contributed by atoms with Crippen LogP contribution in [0.1, 0.15) is 31.2 Å². The Morgan fingerprint density at radius 3 is 2.68 bits per heavy atom. The smallest absolute Gasteiger partial charge is 0.234 e. The summed E-state index contributed by atoms with van der Waals surface area (Å²) in [6.45, 7) is 5.35. The Morgan fingerprint density at radius 1 is 1.24 bits per heavy atom. The van der Waals surface area contributed by atoms with E-state index in [1.165, 1.54) is 18.4 Å². The van der Waals surface area contributed by atoms with Crippen molar-refractivity contribution in [2.24, 2.45) is 0 Å². The maximum absolute atomic E-state index is 12.3. The van der Waals surface area contributed by atoms with Crippen molar-refractivity contribution in [3.05, 3.63) is 35.9 Å². The number of nitrogens with zero attached hydrogens (tertiary/aromatic N) is 2. The molecule has 1 aromatic rings. The number of amides is 1. The van der Waals surface area contributed by atoms with Gasteiger partial charge in [-0.25, -0.2) is 0 Å². The third-order valence-electron chi connectivity index (χ3n) is 5.15. The van der Waals surface area contributed by atoms with Crippen LogP contribution in [0, 0.1) is 0 Å². The van der Waals surface area contributed by atoms with Crippen molar-refractivity contribution in [3.63, 3.8) is 0 Å². The van der Waals surface area contributed by atoms with E-state index in [1.54, 1.807) is 0 Å². The first-order chi connectivity index (χ1) is 12.2. The van der Waals surface area contributed by atoms with Crippen molar-refractivity contribution < 1.29 is 9.53 Å². The minimum Gasteiger partial charge on any atom is -0.377 e. The quantitative estimate of drug-likeness (QED) is 0.820. The Balaban J connectivity index is 1.33. The summed E-state index contributed by atoms with van der Waals surface area (Å²) in [5.74, 6) is 0.135. The van der Waals surface area contributed by atoms with Gasteiger partial charge in [0.25, 0.3) is 0 Å². The fraction of sp³-hybridized carbons (Fsp3) is 0.650. The molecule has 2 saturated heterocycles. The van der Waals surface area contributed by atoms with Gasteiger partial charge in [0.05, 0.1) is 12.6 Å². The van der Waals surface area contributed by atoms with Gasteiger partial charge in [0.15, 0.2) is 0 Å². The van der Waals surface area contributed by atoms with Gasteiger partial charge in [-0.2, -0.15) is 0 Å². The average molecular weight is 345 g/mol. The predicted molar refractivity (Wildman–Crippen MR) is 99.4 cm³/mol. The molecule has 0 saturated carbocycles. The zero-order chi connectivity index (χ0) is 17.5. The van der Waals surface area contributed by atoms with Crippen LogP contribution in [0.5, 0.6) is 0 Å². The molecule has 2 aliphatic rings. The monoisotopic (exact) mass is 345 g/mol. The Morgan fingerprint density at radius 2 is 2.00 bits per heavy atom. The highest BCUT2D eigenvalue weighted by Crippen LogP contribution is 2.17. The summed E-state index contributed by atoms with van der Waals surface area (Å²) < 4.78 is 5.72. The number of carbonyl (C=O) groups excluding carboxylic acids is 1. The number of ether oxygens (including phenoxy) is 1. The van der Waals surface area contributed by atoms with Crippen LogP contribution in [0.4, 0.5) is 0 Å². The van der Waals surface area contributed by atoms with E-state index < -0.39 is 0 Å². The lowest BCUT2D eigenvalue weighted by Gasteiger charge is -2.33. The first-order valence-electron chi connectivity index (χ1n) is 9.55. The number of rotatable bonds is 7. The molecule has 5 nitrogen and oxygen atoms in total. The maximum Gasteiger partial charge on any atom is 0.234 e. The molecular formula is C20H31N3O2. The molecule has 0 spiro atoms. The van der Waals surface area contributed by atoms with Crippen LogP contribution in [-0.4, -0.2) is 67.7 Å². The lowest BCUT2D eigenvalue weighted by Crippen LogP contribution is -2.48. The van der Waals surface area contributed by atoms with E-state index in [9.17, 15) is 4.79 Å². The lowest BCUT2D eigenvalue weighted by molar-refractivity contribution is -0.123. The molecule has 1 N–H and O–H groups in total. The van der Waals surface area contributed by atoms with Crippen molar-refractivity contribution in [2.75, 3.05) is 39.8 Å². The highest BCUT2D eigenvalue weighted by molar-refractivity contribution is 5.78. The van der Waals surface area contributed by atoms with Gasteiger partial charge in [-0.3, -0.25) is 9.69 Å². The third-order valence-corrected chi connectivity index (χ3v) is 5.15. The molecule has 2 fully saturated rings. The third kappa shape index (κ3) is 6.10. The van der Waals surface area contributed by atoms with Gasteiger partial charge in [0, 0.05) is 38.8 Å². The lowest BCUT2D eigenvalue weighted by atomic mass is 10.0. The summed E-state index contributed by atoms with van der Waals surface area (Å²) in [5, 5.41) is 3.21. The summed E-state index contributed by atoms with van der Waals surface area (Å²) >= 11 is 0. The van der Waals surface area contributed by atoms with E-state index in [4.69, 9.17) is 4.74 Å². The molecule has 138 valence electrons. The Bertz CT molecular complexity index is 523. The fourth-order valence-corrected chi connectivity index (χ4v) is 3.81. The van der Waals surface area contributed by atoms with Gasteiger partial charge in [-0.1, -0.05) is 30.3 Å². The number of hydrogen-bond acceptors (Lipinski definition) is 4. The first-order valence-corrected chi connectivity index (χ1v) is 9.55. The van der Waals surface area contributed by atoms with E-state index in [-0.39, 0.29) is 5.91 Å². The SMILES string of the molecule is CN(CC(=O)NC1CCN(C[C@H]2CCCO2)CC1)Cc1ccccc1. The maximum atomic E-state index is 12.3. The van der Waals surface area contributed by atoms with E-state index in [1.807, 2.05) is 25.2 Å². The first kappa shape index (κ1) is 18.4. The molecule has 0 bridgehead atoms. The van der Waals surface area contributed by atoms with E-state index in [0.717, 1.165) is 45.6 Å². The Hall–Kier alpha value is -1.43. The van der Waals surface area contributed by atoms with Gasteiger partial charge in [-0.15, -0.1) is 0 Å². The molecule has 1 aromatic carbocycles. The standard InChI is InChI=1S/C20H31N3O2/c1-22(14-17-6-3-2-4-7-17)16-20(24)21-18-9-11-23(12-10-18)15-19-8-5-13-25-19/h2-4,6-7,18-19H,5,8-16H2,1H3,(H,21,24)/t19-/m1/s1. The molecule has 0 unspecified atom stereocenters. The number of likely N-dealkylation sites (tertiary alicyclic amines) is 1. The van der Waals surface area contributed by atoms with Crippen molar-refractivity contribution >= 4 is 5.91 Å². The van der Waals surface area contributed by atoms with Crippen molar-refractivity contribution in [3.8, 4) is 0 Å². The zero-order valence-corrected chi connectivity index (χ0v) is 15.3. The van der Waals surface area contributed by atoms with Crippen LogP contribution in [0.25, 0.3) is 0 Å². The van der Waals surface area contributed by atoms with Gasteiger partial charge in [-0.05, 0) is 38.3 Å². The number of likely N-dealkylation sites (N-methyl/N-ethyl adjacent to an activating group) is 1. The van der Waals surface area contributed by atoms with Crippen LogP contribution in [0.15, 0.2) is 30.3 Å². The predicted octanol–water partition coefficient (Wildman–Crippen LogP) is 1.88. The number of carbonyl (C=O) groups is 1. The van der Waals surface area contributed by atoms with E-state index >= 15 is 0 Å². The Kier molecular flexibility index (Phi) is 6.84. The molecule has 0 radical (unpaired) electrons. The second kappa shape index (κ2) is 9.32. The van der Waals surface area contributed by atoms with E-state index in [0.29, 0.717) is 18.7 Å². The van der Waals surface area contributed by atoms with Gasteiger partial charge < -0.3 is 15.0 Å². The molecule has 1 amide bonds. The second-order valence-corrected chi connectivity index (χ2v) is 7.44. The molecule has 0 aliphatic carbocycles. The number of hydrogen-bond donors (Lipinski definition) is 1. The summed E-state index contributed by atoms with van der Waals surface area (Å²) in [7, 11) is 2.00. The molecule has 25 heavy (non-hydrogen) atoms. The highest BCUT2D eigenvalue weighted by atomic mass is 16.5. The average Bonchev–Trinajstić information content (AvgIpc) is 3.10. The highest BCUT2D eigenvalue weighted by Gasteiger charge is 2.24. The van der Waals surface area contributed by atoms with Crippen LogP contribution in [-0.2, 0) is 16.1 Å². The summed E-state index contributed by atoms with van der Waals surface area (Å²) in [4.78, 5) is 16.8. The summed E-state index contributed by atoms with van der Waals surface area (Å²) in [5.41, 5.74) is 1.24. The molecule has 3 rings (SSSR count). The van der Waals surface area contributed by atoms with Crippen molar-refractivity contribution in [1.82, 2.24) is 15.1 Å². The summed E-state index contributed by atoms with van der Waals surface area (Å²) in [6.07, 6.45) is 4.91. The topological polar surface area (TPSA) is 44.8 Å². The van der Waals surface area contributed by atoms with E-state index in [2.05, 4.69) is 27.2 Å². The van der Waals surface area contributed by atoms with Crippen LogP contribution < -0.4 is 5.32 Å². The molecule has 0 aromatic heterocycles. The van der Waals surface area contributed by atoms with Gasteiger partial charge in [0.2, 0.25) is 5.91 Å². The normalized spacial score (nSPS) is 22.4. The minimum absolute atomic E-state index is 0.135. The van der Waals surface area contributed by atoms with Crippen molar-refractivity contribution in [1.29, 1.82) is 0 Å². The van der Waals surface area contributed by atoms with Crippen molar-refractivity contribution in [2.45, 2.75) is 44.4 Å². The fourth-order valence-electron chi connectivity index (χ4n) is 3.81. The zero-order valence-electron chi connectivity index (χ0n) is 15.3. The molecule has 1 atom stereocenters. The second-order valence-electron chi connectivity index (χ2n) is 7.44. The number of piperidine rings is 1. The molecular weight excluding hydrogens is 314 g/mol. The molecule has 2 heterocycles. The summed E-state index contributed by atoms with van der Waals surface area (Å²) in [6, 6.07) is 10.6.